The summed E-state index contributed by atoms with van der Waals surface area (Å²) in [6.07, 6.45) is -2.97. The molecule has 4 rings (SSSR count). The number of alkyl halides is 3. The summed E-state index contributed by atoms with van der Waals surface area (Å²) < 4.78 is 47.1. The van der Waals surface area contributed by atoms with Gasteiger partial charge in [0.1, 0.15) is 10.9 Å². The van der Waals surface area contributed by atoms with Crippen LogP contribution >= 0.6 is 11.6 Å². The third kappa shape index (κ3) is 5.19. The summed E-state index contributed by atoms with van der Waals surface area (Å²) in [5, 5.41) is 9.10. The van der Waals surface area contributed by atoms with Gasteiger partial charge >= 0.3 is 12.2 Å². The molecule has 1 aliphatic heterocycles. The number of phenols is 1. The van der Waals surface area contributed by atoms with Crippen molar-refractivity contribution in [2.45, 2.75) is 25.6 Å². The first-order valence-electron chi connectivity index (χ1n) is 10.3. The Morgan fingerprint density at radius 1 is 1.06 bits per heavy atom. The molecule has 1 aromatic heterocycles. The smallest absolute Gasteiger partial charge is 0.436 e. The van der Waals surface area contributed by atoms with E-state index < -0.39 is 17.0 Å². The summed E-state index contributed by atoms with van der Waals surface area (Å²) in [6, 6.07) is 15.5. The predicted octanol–water partition coefficient (Wildman–Crippen LogP) is 5.54. The lowest BCUT2D eigenvalue weighted by molar-refractivity contribution is -0.141. The van der Waals surface area contributed by atoms with Gasteiger partial charge in [-0.05, 0) is 61.7 Å². The Labute approximate surface area is 189 Å². The zero-order chi connectivity index (χ0) is 22.7. The zero-order valence-electron chi connectivity index (χ0n) is 17.2. The molecule has 0 radical (unpaired) electrons. The van der Waals surface area contributed by atoms with Crippen LogP contribution in [0.5, 0.6) is 11.8 Å². The van der Waals surface area contributed by atoms with Crippen molar-refractivity contribution in [2.75, 3.05) is 19.7 Å². The highest BCUT2D eigenvalue weighted by atomic mass is 35.5. The molecule has 1 aliphatic rings. The van der Waals surface area contributed by atoms with Crippen molar-refractivity contribution in [1.82, 2.24) is 14.5 Å². The van der Waals surface area contributed by atoms with Gasteiger partial charge in [-0.15, -0.1) is 0 Å². The van der Waals surface area contributed by atoms with Gasteiger partial charge in [0.15, 0.2) is 5.69 Å². The summed E-state index contributed by atoms with van der Waals surface area (Å²) in [5.74, 6) is 0.445. The van der Waals surface area contributed by atoms with Crippen LogP contribution in [0.3, 0.4) is 0 Å². The fraction of sp³-hybridized carbons (Fsp3) is 0.348. The summed E-state index contributed by atoms with van der Waals surface area (Å²) in [5.41, 5.74) is 0.342. The molecular formula is C23H23ClF3N3O2. The van der Waals surface area contributed by atoms with Gasteiger partial charge in [0.25, 0.3) is 0 Å². The maximum absolute atomic E-state index is 13.4. The number of para-hydroxylation sites is 1. The molecule has 3 aromatic rings. The predicted molar refractivity (Wildman–Crippen MR) is 115 cm³/mol. The third-order valence-electron chi connectivity index (χ3n) is 5.55. The maximum Gasteiger partial charge on any atom is 0.436 e. The second-order valence-electron chi connectivity index (χ2n) is 7.90. The summed E-state index contributed by atoms with van der Waals surface area (Å²) in [7, 11) is 0. The van der Waals surface area contributed by atoms with Gasteiger partial charge < -0.3 is 9.84 Å². The minimum Gasteiger partial charge on any atom is -0.508 e. The van der Waals surface area contributed by atoms with Crippen molar-refractivity contribution < 1.29 is 23.0 Å². The highest BCUT2D eigenvalue weighted by molar-refractivity contribution is 6.30. The average molecular weight is 466 g/mol. The van der Waals surface area contributed by atoms with Crippen LogP contribution in [-0.2, 0) is 12.7 Å². The molecule has 0 saturated carbocycles. The summed E-state index contributed by atoms with van der Waals surface area (Å²) >= 11 is 6.05. The zero-order valence-corrected chi connectivity index (χ0v) is 18.0. The van der Waals surface area contributed by atoms with Gasteiger partial charge in [0, 0.05) is 6.54 Å². The first-order valence-corrected chi connectivity index (χ1v) is 10.7. The Kier molecular flexibility index (Phi) is 6.62. The molecule has 2 heterocycles. The van der Waals surface area contributed by atoms with E-state index in [1.807, 2.05) is 12.1 Å². The number of phenolic OH excluding ortho intramolecular Hbond substituents is 1. The van der Waals surface area contributed by atoms with E-state index in [4.69, 9.17) is 16.3 Å². The number of nitrogens with zero attached hydrogens (tertiary/aromatic N) is 3. The lowest BCUT2D eigenvalue weighted by Gasteiger charge is -2.31. The third-order valence-corrected chi connectivity index (χ3v) is 5.89. The monoisotopic (exact) mass is 465 g/mol. The number of halogens is 4. The number of piperidine rings is 1. The number of hydrogen-bond acceptors (Lipinski definition) is 4. The Morgan fingerprint density at radius 3 is 2.44 bits per heavy atom. The van der Waals surface area contributed by atoms with Crippen molar-refractivity contribution >= 4 is 11.6 Å². The molecule has 0 unspecified atom stereocenters. The van der Waals surface area contributed by atoms with Crippen LogP contribution in [0.15, 0.2) is 54.6 Å². The first-order chi connectivity index (χ1) is 15.3. The Balaban J connectivity index is 1.41. The number of ether oxygens (including phenoxy) is 1. The molecule has 5 nitrogen and oxygen atoms in total. The number of hydrogen-bond donors (Lipinski definition) is 1. The first kappa shape index (κ1) is 22.5. The normalized spacial score (nSPS) is 15.8. The van der Waals surface area contributed by atoms with Gasteiger partial charge in [0.2, 0.25) is 0 Å². The highest BCUT2D eigenvalue weighted by Gasteiger charge is 2.39. The standard InChI is InChI=1S/C23H23ClF3N3O2/c24-21-20(23(25,26)27)28-22(30(21)18-6-2-1-3-7-18)32-15-16-9-11-29(12-10-16)14-17-5-4-8-19(31)13-17/h1-8,13,16,31H,9-12,14-15H2. The molecule has 0 spiro atoms. The van der Waals surface area contributed by atoms with Crippen LogP contribution in [0.1, 0.15) is 24.1 Å². The molecule has 170 valence electrons. The number of imidazole rings is 1. The van der Waals surface area contributed by atoms with E-state index in [0.717, 1.165) is 38.0 Å². The van der Waals surface area contributed by atoms with Gasteiger partial charge in [-0.3, -0.25) is 9.47 Å². The highest BCUT2D eigenvalue weighted by Crippen LogP contribution is 2.38. The van der Waals surface area contributed by atoms with Gasteiger partial charge in [-0.2, -0.15) is 18.2 Å². The fourth-order valence-electron chi connectivity index (χ4n) is 3.88. The molecule has 0 amide bonds. The Hall–Kier alpha value is -2.71. The number of aromatic nitrogens is 2. The molecule has 1 N–H and O–H groups in total. The van der Waals surface area contributed by atoms with E-state index in [2.05, 4.69) is 9.88 Å². The molecular weight excluding hydrogens is 443 g/mol. The molecule has 0 bridgehead atoms. The largest absolute Gasteiger partial charge is 0.508 e. The second kappa shape index (κ2) is 9.42. The van der Waals surface area contributed by atoms with Crippen LogP contribution in [0.4, 0.5) is 13.2 Å². The minimum atomic E-state index is -4.67. The quantitative estimate of drug-likeness (QED) is 0.519. The van der Waals surface area contributed by atoms with E-state index >= 15 is 0 Å². The van der Waals surface area contributed by atoms with Gasteiger partial charge in [0.05, 0.1) is 12.3 Å². The van der Waals surface area contributed by atoms with Crippen LogP contribution < -0.4 is 4.74 Å². The van der Waals surface area contributed by atoms with Gasteiger partial charge in [-0.25, -0.2) is 0 Å². The molecule has 32 heavy (non-hydrogen) atoms. The number of likely N-dealkylation sites (tertiary alicyclic amines) is 1. The Morgan fingerprint density at radius 2 is 1.78 bits per heavy atom. The van der Waals surface area contributed by atoms with Gasteiger partial charge in [-0.1, -0.05) is 41.9 Å². The molecule has 9 heteroatoms. The van der Waals surface area contributed by atoms with E-state index in [9.17, 15) is 18.3 Å². The van der Waals surface area contributed by atoms with Crippen molar-refractivity contribution in [2.24, 2.45) is 5.92 Å². The molecule has 2 aromatic carbocycles. The summed E-state index contributed by atoms with van der Waals surface area (Å²) in [4.78, 5) is 5.96. The van der Waals surface area contributed by atoms with Crippen LogP contribution in [0.25, 0.3) is 5.69 Å². The minimum absolute atomic E-state index is 0.157. The van der Waals surface area contributed by atoms with Crippen LogP contribution in [0, 0.1) is 5.92 Å². The molecule has 0 atom stereocenters. The van der Waals surface area contributed by atoms with Crippen molar-refractivity contribution in [3.63, 3.8) is 0 Å². The van der Waals surface area contributed by atoms with E-state index in [1.54, 1.807) is 42.5 Å². The Bertz CT molecular complexity index is 1050. The van der Waals surface area contributed by atoms with E-state index in [-0.39, 0.29) is 24.3 Å². The number of benzene rings is 2. The maximum atomic E-state index is 13.4. The topological polar surface area (TPSA) is 50.5 Å². The number of rotatable bonds is 6. The van der Waals surface area contributed by atoms with Crippen molar-refractivity contribution in [3.05, 3.63) is 71.0 Å². The lowest BCUT2D eigenvalue weighted by atomic mass is 9.97. The summed E-state index contributed by atoms with van der Waals surface area (Å²) in [6.45, 7) is 2.68. The lowest BCUT2D eigenvalue weighted by Crippen LogP contribution is -2.35. The molecule has 1 saturated heterocycles. The number of aromatic hydroxyl groups is 1. The van der Waals surface area contributed by atoms with E-state index in [1.165, 1.54) is 4.57 Å². The second-order valence-corrected chi connectivity index (χ2v) is 8.26. The van der Waals surface area contributed by atoms with Crippen molar-refractivity contribution in [1.29, 1.82) is 0 Å². The van der Waals surface area contributed by atoms with Crippen LogP contribution in [-0.4, -0.2) is 39.3 Å². The fourth-order valence-corrected chi connectivity index (χ4v) is 4.20. The molecule has 1 fully saturated rings. The van der Waals surface area contributed by atoms with E-state index in [0.29, 0.717) is 5.69 Å². The molecule has 0 aliphatic carbocycles. The average Bonchev–Trinajstić information content (AvgIpc) is 3.10. The van der Waals surface area contributed by atoms with Crippen molar-refractivity contribution in [3.8, 4) is 17.4 Å². The van der Waals surface area contributed by atoms with Crippen LogP contribution in [0.2, 0.25) is 5.15 Å². The SMILES string of the molecule is Oc1cccc(CN2CCC(COc3nc(C(F)(F)F)c(Cl)n3-c3ccccc3)CC2)c1.